The first-order valence-corrected chi connectivity index (χ1v) is 22.9. The molecule has 0 radical (unpaired) electrons. The fourth-order valence-corrected chi connectivity index (χ4v) is 8.45. The largest absolute Gasteiger partial charge is 0.379 e. The van der Waals surface area contributed by atoms with Gasteiger partial charge in [0.1, 0.15) is 12.1 Å². The highest BCUT2D eigenvalue weighted by atomic mass is 32.2. The zero-order chi connectivity index (χ0) is 45.9. The molecule has 0 aromatic carbocycles. The first-order valence-electron chi connectivity index (χ1n) is 21.7. The second kappa shape index (κ2) is 26.9. The van der Waals surface area contributed by atoms with Crippen LogP contribution in [0.25, 0.3) is 0 Å². The first kappa shape index (κ1) is 55.8. The van der Waals surface area contributed by atoms with Gasteiger partial charge in [0, 0.05) is 50.4 Å². The maximum atomic E-state index is 14.5. The van der Waals surface area contributed by atoms with Crippen molar-refractivity contribution in [1.29, 1.82) is 0 Å². The van der Waals surface area contributed by atoms with Crippen LogP contribution in [0.1, 0.15) is 115 Å². The van der Waals surface area contributed by atoms with Crippen LogP contribution in [-0.2, 0) is 28.7 Å². The van der Waals surface area contributed by atoms with Gasteiger partial charge in [0.25, 0.3) is 0 Å². The highest BCUT2D eigenvalue weighted by Crippen LogP contribution is 2.32. The number of nitrogens with one attached hydrogen (secondary N) is 2. The van der Waals surface area contributed by atoms with E-state index in [0.717, 1.165) is 24.8 Å². The average Bonchev–Trinajstić information content (AvgIpc) is 3.68. The quantitative estimate of drug-likeness (QED) is 0.0887. The number of likely N-dealkylation sites (N-methyl/N-ethyl adjacent to an activating group) is 2. The molecule has 1 heterocycles. The third-order valence-corrected chi connectivity index (χ3v) is 13.2. The van der Waals surface area contributed by atoms with Gasteiger partial charge in [0.2, 0.25) is 29.5 Å². The molecule has 0 aromatic heterocycles. The maximum Gasteiger partial charge on any atom is 0.245 e. The van der Waals surface area contributed by atoms with Gasteiger partial charge in [-0.25, -0.2) is 0 Å². The van der Waals surface area contributed by atoms with Crippen LogP contribution in [0.2, 0.25) is 0 Å². The predicted molar refractivity (Wildman–Crippen MR) is 246 cm³/mol. The van der Waals surface area contributed by atoms with Crippen LogP contribution in [0.3, 0.4) is 0 Å². The Bertz CT molecular complexity index is 1400. The fraction of sp³-hybridized carbons (Fsp3) is 0.761. The van der Waals surface area contributed by atoms with Gasteiger partial charge in [-0.15, -0.1) is 0 Å². The summed E-state index contributed by atoms with van der Waals surface area (Å²) in [6, 6.07) is -2.79. The lowest BCUT2D eigenvalue weighted by atomic mass is 9.86. The molecule has 59 heavy (non-hydrogen) atoms. The molecule has 1 fully saturated rings. The van der Waals surface area contributed by atoms with Gasteiger partial charge in [0.15, 0.2) is 0 Å². The molecule has 1 aliphatic heterocycles. The summed E-state index contributed by atoms with van der Waals surface area (Å²) in [6.45, 7) is 32.8. The van der Waals surface area contributed by atoms with Gasteiger partial charge >= 0.3 is 0 Å². The number of allylic oxidation sites excluding steroid dienone is 3. The van der Waals surface area contributed by atoms with E-state index in [2.05, 4.69) is 55.7 Å². The minimum Gasteiger partial charge on any atom is -0.379 e. The van der Waals surface area contributed by atoms with Gasteiger partial charge < -0.3 is 30.9 Å². The molecule has 0 saturated carbocycles. The van der Waals surface area contributed by atoms with Crippen LogP contribution >= 0.6 is 11.8 Å². The maximum absolute atomic E-state index is 14.5. The molecular formula is C46H84N6O6S. The zero-order valence-corrected chi connectivity index (χ0v) is 40.5. The van der Waals surface area contributed by atoms with Crippen molar-refractivity contribution in [1.82, 2.24) is 25.3 Å². The Labute approximate surface area is 363 Å². The highest BCUT2D eigenvalue weighted by Gasteiger charge is 2.42. The standard InChI is InChI=1S/C44H78N6O6S.C2H6/c1-17-21-32(19-3)24-33(40(45)52)46-41(53)31(10)30(9)34-22-20-23-50(34)36(51)25-35(56-15)39(29(8)18-2)49(14)43(55)37(27(4)5)47-42(54)38(28(6)7)48(13)26-44(11,12)57-16;1-2/h17,19,21,27-31,33-35,37-39H,1,3,18,20,22-26H2,2,4-16H3,(H2,45,52)(H,46,53)(H,47,54);1-2H3/b32-21+;/t29-,30?,31+,33?,34-,35+,37-,38?,39-;/m0./s1. The number of nitrogens with zero attached hydrogens (tertiary/aromatic N) is 3. The van der Waals surface area contributed by atoms with Gasteiger partial charge in [-0.1, -0.05) is 107 Å². The smallest absolute Gasteiger partial charge is 0.245 e. The van der Waals surface area contributed by atoms with Crippen LogP contribution in [0, 0.1) is 29.6 Å². The van der Waals surface area contributed by atoms with Crippen molar-refractivity contribution in [2.75, 3.05) is 40.6 Å². The van der Waals surface area contributed by atoms with E-state index in [1.165, 1.54) is 0 Å². The normalized spacial score (nSPS) is 18.7. The van der Waals surface area contributed by atoms with E-state index in [1.807, 2.05) is 67.3 Å². The number of hydrogen-bond donors (Lipinski definition) is 3. The minimum absolute atomic E-state index is 0.0157. The number of ether oxygens (including phenoxy) is 1. The minimum atomic E-state index is -0.920. The summed E-state index contributed by atoms with van der Waals surface area (Å²) in [5.74, 6) is -2.44. The SMILES string of the molecule is C=C/C=C(\C=C)CC(NC(=O)[C@H](C)C(C)[C@@H]1CCCN1C(=O)C[C@@H](OC)[C@H]([C@@H](C)CC)N(C)C(=O)[C@@H](NC(=O)C(C(C)C)N(C)CC(C)(C)SC)C(C)C)C(N)=O.CC. The molecule has 1 aliphatic rings. The lowest BCUT2D eigenvalue weighted by Crippen LogP contribution is -2.60. The number of carbonyl (C=O) groups excluding carboxylic acids is 5. The molecule has 0 spiro atoms. The van der Waals surface area contributed by atoms with Gasteiger partial charge in [-0.05, 0) is 69.2 Å². The summed E-state index contributed by atoms with van der Waals surface area (Å²) in [5, 5.41) is 5.94. The van der Waals surface area contributed by atoms with Crippen LogP contribution in [-0.4, -0.2) is 126 Å². The number of thioether (sulfide) groups is 1. The lowest BCUT2D eigenvalue weighted by molar-refractivity contribution is -0.147. The summed E-state index contributed by atoms with van der Waals surface area (Å²) in [4.78, 5) is 74.0. The molecular weight excluding hydrogens is 765 g/mol. The third-order valence-electron chi connectivity index (χ3n) is 12.0. The Balaban J connectivity index is 0.0000165. The van der Waals surface area contributed by atoms with E-state index in [-0.39, 0.29) is 70.9 Å². The summed E-state index contributed by atoms with van der Waals surface area (Å²) in [7, 11) is 5.28. The van der Waals surface area contributed by atoms with Crippen LogP contribution in [0.15, 0.2) is 37.0 Å². The van der Waals surface area contributed by atoms with Crippen molar-refractivity contribution in [3.63, 3.8) is 0 Å². The molecule has 9 atom stereocenters. The number of likely N-dealkylation sites (tertiary alicyclic amines) is 1. The molecule has 1 saturated heterocycles. The van der Waals surface area contributed by atoms with Crippen molar-refractivity contribution in [2.24, 2.45) is 35.3 Å². The molecule has 4 N–H and O–H groups in total. The monoisotopic (exact) mass is 849 g/mol. The summed E-state index contributed by atoms with van der Waals surface area (Å²) in [5.41, 5.74) is 6.38. The molecule has 12 nitrogen and oxygen atoms in total. The number of amides is 5. The molecule has 0 aromatic rings. The molecule has 5 amide bonds. The molecule has 13 heteroatoms. The van der Waals surface area contributed by atoms with E-state index in [0.29, 0.717) is 13.1 Å². The number of carbonyl (C=O) groups is 5. The second-order valence-corrected chi connectivity index (χ2v) is 18.9. The third kappa shape index (κ3) is 16.7. The fourth-order valence-electron chi connectivity index (χ4n) is 8.12. The Morgan fingerprint density at radius 3 is 2.02 bits per heavy atom. The summed E-state index contributed by atoms with van der Waals surface area (Å²) < 4.78 is 6.00. The lowest BCUT2D eigenvalue weighted by Gasteiger charge is -2.41. The van der Waals surface area contributed by atoms with E-state index >= 15 is 0 Å². The van der Waals surface area contributed by atoms with Crippen LogP contribution in [0.5, 0.6) is 0 Å². The second-order valence-electron chi connectivity index (χ2n) is 17.4. The van der Waals surface area contributed by atoms with Crippen molar-refractivity contribution < 1.29 is 28.7 Å². The molecule has 0 bridgehead atoms. The highest BCUT2D eigenvalue weighted by molar-refractivity contribution is 7.99. The Morgan fingerprint density at radius 2 is 1.56 bits per heavy atom. The topological polar surface area (TPSA) is 154 Å². The zero-order valence-electron chi connectivity index (χ0n) is 39.7. The number of primary amides is 1. The Kier molecular flexibility index (Phi) is 25.5. The van der Waals surface area contributed by atoms with Crippen LogP contribution in [0.4, 0.5) is 0 Å². The predicted octanol–water partition coefficient (Wildman–Crippen LogP) is 6.45. The van der Waals surface area contributed by atoms with Crippen LogP contribution < -0.4 is 16.4 Å². The number of methoxy groups -OCH3 is 1. The first-order chi connectivity index (χ1) is 27.5. The molecule has 3 unspecified atom stereocenters. The van der Waals surface area contributed by atoms with E-state index < -0.39 is 42.1 Å². The number of nitrogens with two attached hydrogens (primary N) is 1. The van der Waals surface area contributed by atoms with E-state index in [9.17, 15) is 24.0 Å². The molecule has 1 rings (SSSR count). The van der Waals surface area contributed by atoms with Gasteiger partial charge in [-0.2, -0.15) is 11.8 Å². The van der Waals surface area contributed by atoms with Gasteiger partial charge in [0.05, 0.1) is 24.6 Å². The van der Waals surface area contributed by atoms with E-state index in [4.69, 9.17) is 10.5 Å². The van der Waals surface area contributed by atoms with E-state index in [1.54, 1.807) is 56.0 Å². The average molecular weight is 849 g/mol. The molecule has 0 aliphatic carbocycles. The Morgan fingerprint density at radius 1 is 0.966 bits per heavy atom. The molecule has 340 valence electrons. The number of rotatable bonds is 25. The van der Waals surface area contributed by atoms with Crippen molar-refractivity contribution in [2.45, 2.75) is 156 Å². The van der Waals surface area contributed by atoms with Gasteiger partial charge in [-0.3, -0.25) is 28.9 Å². The Hall–Kier alpha value is -3.16. The summed E-state index contributed by atoms with van der Waals surface area (Å²) >= 11 is 1.75. The van der Waals surface area contributed by atoms with Crippen molar-refractivity contribution >= 4 is 41.3 Å². The summed E-state index contributed by atoms with van der Waals surface area (Å²) in [6.07, 6.45) is 8.83. The van der Waals surface area contributed by atoms with Crippen molar-refractivity contribution in [3.05, 3.63) is 37.0 Å². The number of hydrogen-bond acceptors (Lipinski definition) is 8. The van der Waals surface area contributed by atoms with Crippen molar-refractivity contribution in [3.8, 4) is 0 Å².